The largest absolute Gasteiger partial charge is 0.495 e. The molecule has 0 unspecified atom stereocenters. The highest BCUT2D eigenvalue weighted by atomic mass is 35.5. The SMILES string of the molecule is COc1cc(Cl)c(C)cc1N1CCNCC1=O. The van der Waals surface area contributed by atoms with E-state index in [1.807, 2.05) is 13.0 Å². The van der Waals surface area contributed by atoms with E-state index in [1.165, 1.54) is 0 Å². The highest BCUT2D eigenvalue weighted by Gasteiger charge is 2.22. The molecule has 1 saturated heterocycles. The van der Waals surface area contributed by atoms with Crippen molar-refractivity contribution in [2.75, 3.05) is 31.6 Å². The summed E-state index contributed by atoms with van der Waals surface area (Å²) >= 11 is 6.04. The van der Waals surface area contributed by atoms with Gasteiger partial charge < -0.3 is 15.0 Å². The summed E-state index contributed by atoms with van der Waals surface area (Å²) in [5.41, 5.74) is 1.73. The van der Waals surface area contributed by atoms with Crippen LogP contribution in [0.3, 0.4) is 0 Å². The predicted molar refractivity (Wildman–Crippen MR) is 68.0 cm³/mol. The van der Waals surface area contributed by atoms with Crippen molar-refractivity contribution in [1.29, 1.82) is 0 Å². The topological polar surface area (TPSA) is 41.6 Å². The zero-order chi connectivity index (χ0) is 12.4. The van der Waals surface area contributed by atoms with Crippen molar-refractivity contribution < 1.29 is 9.53 Å². The van der Waals surface area contributed by atoms with Gasteiger partial charge in [0.2, 0.25) is 5.91 Å². The molecule has 0 radical (unpaired) electrons. The van der Waals surface area contributed by atoms with Crippen LogP contribution in [-0.4, -0.2) is 32.7 Å². The third-order valence-corrected chi connectivity index (χ3v) is 3.25. The van der Waals surface area contributed by atoms with Gasteiger partial charge >= 0.3 is 0 Å². The number of carbonyl (C=O) groups excluding carboxylic acids is 1. The molecule has 4 nitrogen and oxygen atoms in total. The Bertz CT molecular complexity index is 448. The Morgan fingerprint density at radius 2 is 2.24 bits per heavy atom. The second-order valence-electron chi connectivity index (χ2n) is 4.00. The van der Waals surface area contributed by atoms with Gasteiger partial charge in [-0.2, -0.15) is 0 Å². The maximum Gasteiger partial charge on any atom is 0.241 e. The van der Waals surface area contributed by atoms with Crippen molar-refractivity contribution in [2.45, 2.75) is 6.92 Å². The molecule has 1 heterocycles. The molecule has 1 aliphatic heterocycles. The highest BCUT2D eigenvalue weighted by Crippen LogP contribution is 2.34. The Kier molecular flexibility index (Phi) is 3.54. The van der Waals surface area contributed by atoms with Crippen LogP contribution in [-0.2, 0) is 4.79 Å². The summed E-state index contributed by atoms with van der Waals surface area (Å²) < 4.78 is 5.28. The molecule has 0 atom stereocenters. The molecule has 92 valence electrons. The van der Waals surface area contributed by atoms with Crippen LogP contribution in [0.5, 0.6) is 5.75 Å². The van der Waals surface area contributed by atoms with Crippen LogP contribution in [0.15, 0.2) is 12.1 Å². The Morgan fingerprint density at radius 1 is 1.47 bits per heavy atom. The number of carbonyl (C=O) groups is 1. The van der Waals surface area contributed by atoms with Gasteiger partial charge in [-0.1, -0.05) is 11.6 Å². The predicted octanol–water partition coefficient (Wildman–Crippen LogP) is 1.59. The van der Waals surface area contributed by atoms with E-state index < -0.39 is 0 Å². The number of halogens is 1. The lowest BCUT2D eigenvalue weighted by atomic mass is 10.1. The van der Waals surface area contributed by atoms with E-state index in [-0.39, 0.29) is 5.91 Å². The fourth-order valence-electron chi connectivity index (χ4n) is 1.88. The number of hydrogen-bond donors (Lipinski definition) is 1. The normalized spacial score (nSPS) is 16.2. The van der Waals surface area contributed by atoms with Crippen LogP contribution >= 0.6 is 11.6 Å². The van der Waals surface area contributed by atoms with Gasteiger partial charge in [-0.15, -0.1) is 0 Å². The average Bonchev–Trinajstić information content (AvgIpc) is 2.33. The zero-order valence-corrected chi connectivity index (χ0v) is 10.7. The quantitative estimate of drug-likeness (QED) is 0.872. The summed E-state index contributed by atoms with van der Waals surface area (Å²) in [6.07, 6.45) is 0. The van der Waals surface area contributed by atoms with Gasteiger partial charge in [0, 0.05) is 24.2 Å². The average molecular weight is 255 g/mol. The first-order valence-electron chi connectivity index (χ1n) is 5.48. The number of hydrogen-bond acceptors (Lipinski definition) is 3. The number of aryl methyl sites for hydroxylation is 1. The van der Waals surface area contributed by atoms with E-state index >= 15 is 0 Å². The molecule has 1 fully saturated rings. The Labute approximate surface area is 106 Å². The number of benzene rings is 1. The maximum absolute atomic E-state index is 11.8. The molecule has 0 spiro atoms. The van der Waals surface area contributed by atoms with Crippen LogP contribution in [0.1, 0.15) is 5.56 Å². The van der Waals surface area contributed by atoms with Crippen LogP contribution in [0.4, 0.5) is 5.69 Å². The van der Waals surface area contributed by atoms with Gasteiger partial charge in [-0.3, -0.25) is 4.79 Å². The minimum atomic E-state index is 0.0521. The molecule has 0 aliphatic carbocycles. The lowest BCUT2D eigenvalue weighted by molar-refractivity contribution is -0.118. The molecule has 0 saturated carbocycles. The molecule has 5 heteroatoms. The van der Waals surface area contributed by atoms with Crippen molar-refractivity contribution in [3.05, 3.63) is 22.7 Å². The first kappa shape index (κ1) is 12.2. The van der Waals surface area contributed by atoms with E-state index in [2.05, 4.69) is 5.32 Å². The number of piperazine rings is 1. The van der Waals surface area contributed by atoms with E-state index in [1.54, 1.807) is 18.1 Å². The van der Waals surface area contributed by atoms with Crippen LogP contribution in [0.2, 0.25) is 5.02 Å². The fraction of sp³-hybridized carbons (Fsp3) is 0.417. The summed E-state index contributed by atoms with van der Waals surface area (Å²) in [5.74, 6) is 0.687. The van der Waals surface area contributed by atoms with Crippen molar-refractivity contribution >= 4 is 23.2 Å². The molecule has 1 N–H and O–H groups in total. The minimum Gasteiger partial charge on any atom is -0.495 e. The van der Waals surface area contributed by atoms with Gasteiger partial charge in [0.1, 0.15) is 5.75 Å². The minimum absolute atomic E-state index is 0.0521. The number of methoxy groups -OCH3 is 1. The Hall–Kier alpha value is -1.26. The fourth-order valence-corrected chi connectivity index (χ4v) is 2.04. The molecule has 1 aromatic carbocycles. The van der Waals surface area contributed by atoms with E-state index in [0.29, 0.717) is 23.9 Å². The number of nitrogens with one attached hydrogen (secondary N) is 1. The van der Waals surface area contributed by atoms with Gasteiger partial charge in [0.25, 0.3) is 0 Å². The molecule has 1 aliphatic rings. The van der Waals surface area contributed by atoms with Gasteiger partial charge in [-0.25, -0.2) is 0 Å². The lowest BCUT2D eigenvalue weighted by Gasteiger charge is -2.29. The number of rotatable bonds is 2. The molecular formula is C12H15ClN2O2. The van der Waals surface area contributed by atoms with E-state index in [4.69, 9.17) is 16.3 Å². The third-order valence-electron chi connectivity index (χ3n) is 2.84. The Morgan fingerprint density at radius 3 is 2.88 bits per heavy atom. The number of nitrogens with zero attached hydrogens (tertiary/aromatic N) is 1. The van der Waals surface area contributed by atoms with E-state index in [0.717, 1.165) is 17.8 Å². The third kappa shape index (κ3) is 2.37. The van der Waals surface area contributed by atoms with Gasteiger partial charge in [-0.05, 0) is 18.6 Å². The van der Waals surface area contributed by atoms with Gasteiger partial charge in [0.15, 0.2) is 0 Å². The van der Waals surface area contributed by atoms with Crippen LogP contribution in [0.25, 0.3) is 0 Å². The molecule has 1 aromatic rings. The standard InChI is InChI=1S/C12H15ClN2O2/c1-8-5-10(11(17-2)6-9(8)13)15-4-3-14-7-12(15)16/h5-6,14H,3-4,7H2,1-2H3. The van der Waals surface area contributed by atoms with Crippen LogP contribution in [0, 0.1) is 6.92 Å². The molecule has 2 rings (SSSR count). The number of ether oxygens (including phenoxy) is 1. The molecule has 17 heavy (non-hydrogen) atoms. The summed E-state index contributed by atoms with van der Waals surface area (Å²) in [7, 11) is 1.58. The van der Waals surface area contributed by atoms with Crippen LogP contribution < -0.4 is 15.0 Å². The summed E-state index contributed by atoms with van der Waals surface area (Å²) in [5, 5.41) is 3.69. The Balaban J connectivity index is 2.42. The van der Waals surface area contributed by atoms with E-state index in [9.17, 15) is 4.79 Å². The van der Waals surface area contributed by atoms with Crippen molar-refractivity contribution in [3.63, 3.8) is 0 Å². The van der Waals surface area contributed by atoms with Crippen molar-refractivity contribution in [3.8, 4) is 5.75 Å². The number of amides is 1. The second-order valence-corrected chi connectivity index (χ2v) is 4.40. The second kappa shape index (κ2) is 4.94. The number of anilines is 1. The molecule has 0 aromatic heterocycles. The smallest absolute Gasteiger partial charge is 0.241 e. The monoisotopic (exact) mass is 254 g/mol. The molecular weight excluding hydrogens is 240 g/mol. The first-order chi connectivity index (χ1) is 8.13. The lowest BCUT2D eigenvalue weighted by Crippen LogP contribution is -2.48. The summed E-state index contributed by atoms with van der Waals surface area (Å²) in [6, 6.07) is 3.64. The molecule has 0 bridgehead atoms. The summed E-state index contributed by atoms with van der Waals surface area (Å²) in [6.45, 7) is 3.72. The summed E-state index contributed by atoms with van der Waals surface area (Å²) in [4.78, 5) is 13.6. The highest BCUT2D eigenvalue weighted by molar-refractivity contribution is 6.31. The van der Waals surface area contributed by atoms with Crippen molar-refractivity contribution in [2.24, 2.45) is 0 Å². The first-order valence-corrected chi connectivity index (χ1v) is 5.86. The maximum atomic E-state index is 11.8. The van der Waals surface area contributed by atoms with Gasteiger partial charge in [0.05, 0.1) is 19.3 Å². The van der Waals surface area contributed by atoms with Crippen molar-refractivity contribution in [1.82, 2.24) is 5.32 Å². The molecule has 1 amide bonds. The zero-order valence-electron chi connectivity index (χ0n) is 9.92.